The number of nitriles is 1. The number of ether oxygens (including phenoxy) is 1. The number of aromatic nitrogens is 3. The zero-order valence-electron chi connectivity index (χ0n) is 20.9. The number of nitrogens with two attached hydrogens (primary N) is 1. The molecular weight excluding hydrogens is 541 g/mol. The second-order valence-electron chi connectivity index (χ2n) is 9.25. The van der Waals surface area contributed by atoms with Gasteiger partial charge in [0.25, 0.3) is 0 Å². The Kier molecular flexibility index (Phi) is 7.31. The predicted octanol–water partition coefficient (Wildman–Crippen LogP) is 4.37. The Bertz CT molecular complexity index is 1720. The second-order valence-corrected chi connectivity index (χ2v) is 11.6. The highest BCUT2D eigenvalue weighted by molar-refractivity contribution is 7.89. The van der Waals surface area contributed by atoms with Gasteiger partial charge in [-0.3, -0.25) is 0 Å². The van der Waals surface area contributed by atoms with Crippen molar-refractivity contribution in [2.45, 2.75) is 37.5 Å². The summed E-state index contributed by atoms with van der Waals surface area (Å²) in [5, 5.41) is 21.6. The molecule has 0 bridgehead atoms. The maximum absolute atomic E-state index is 14.7. The van der Waals surface area contributed by atoms with Crippen molar-refractivity contribution in [2.75, 3.05) is 6.61 Å². The van der Waals surface area contributed by atoms with Crippen LogP contribution in [0.2, 0.25) is 0 Å². The summed E-state index contributed by atoms with van der Waals surface area (Å²) in [5.41, 5.74) is 4.11. The smallest absolute Gasteiger partial charge is 0.357 e. The Morgan fingerprint density at radius 3 is 2.74 bits per heavy atom. The summed E-state index contributed by atoms with van der Waals surface area (Å²) >= 11 is 1.25. The van der Waals surface area contributed by atoms with E-state index in [4.69, 9.17) is 15.0 Å². The molecule has 2 N–H and O–H groups in total. The van der Waals surface area contributed by atoms with E-state index < -0.39 is 26.7 Å². The van der Waals surface area contributed by atoms with E-state index in [0.717, 1.165) is 36.2 Å². The molecule has 2 heterocycles. The van der Waals surface area contributed by atoms with Crippen LogP contribution in [0.3, 0.4) is 0 Å². The molecule has 39 heavy (non-hydrogen) atoms. The maximum atomic E-state index is 14.7. The number of benzene rings is 2. The lowest BCUT2D eigenvalue weighted by Crippen LogP contribution is -2.14. The van der Waals surface area contributed by atoms with Crippen LogP contribution in [0.15, 0.2) is 52.7 Å². The zero-order valence-corrected chi connectivity index (χ0v) is 22.6. The zero-order chi connectivity index (χ0) is 27.7. The number of primary sulfonamides is 1. The molecule has 0 spiro atoms. The van der Waals surface area contributed by atoms with E-state index in [1.165, 1.54) is 17.4 Å². The Morgan fingerprint density at radius 2 is 2.08 bits per heavy atom. The topological polar surface area (TPSA) is 141 Å². The van der Waals surface area contributed by atoms with Gasteiger partial charge >= 0.3 is 5.97 Å². The van der Waals surface area contributed by atoms with Crippen molar-refractivity contribution >= 4 is 27.3 Å². The molecular formula is C27H24FN5O4S2. The molecule has 200 valence electrons. The van der Waals surface area contributed by atoms with Crippen molar-refractivity contribution in [2.24, 2.45) is 11.1 Å². The van der Waals surface area contributed by atoms with E-state index >= 15 is 0 Å². The van der Waals surface area contributed by atoms with Crippen molar-refractivity contribution in [1.29, 1.82) is 5.26 Å². The van der Waals surface area contributed by atoms with Gasteiger partial charge < -0.3 is 4.74 Å². The number of halogens is 1. The standard InChI is InChI=1S/C27H24FN5O4S2/c1-2-37-26(34)22-15-38-27(31-22)33-23(13-16-6-7-16)20(25(32-33)19-5-3-4-18(10-19)14-29)11-17-8-9-24(21(28)12-17)39(30,35)36/h3-5,8-10,12,15-16H,2,6-7,11,13H2,1H3,(H2,30,35,36). The number of sulfonamides is 1. The highest BCUT2D eigenvalue weighted by Crippen LogP contribution is 2.38. The largest absolute Gasteiger partial charge is 0.461 e. The van der Waals surface area contributed by atoms with E-state index in [1.54, 1.807) is 35.2 Å². The Balaban J connectivity index is 1.67. The third-order valence-corrected chi connectivity index (χ3v) is 8.14. The molecule has 2 aromatic heterocycles. The van der Waals surface area contributed by atoms with Crippen molar-refractivity contribution in [3.8, 4) is 22.5 Å². The van der Waals surface area contributed by atoms with Gasteiger partial charge in [0.2, 0.25) is 15.2 Å². The third kappa shape index (κ3) is 5.75. The van der Waals surface area contributed by atoms with Crippen LogP contribution >= 0.6 is 11.3 Å². The van der Waals surface area contributed by atoms with E-state index in [0.29, 0.717) is 39.9 Å². The number of esters is 1. The summed E-state index contributed by atoms with van der Waals surface area (Å²) in [6, 6.07) is 13.0. The molecule has 4 aromatic rings. The first-order chi connectivity index (χ1) is 18.7. The minimum absolute atomic E-state index is 0.181. The molecule has 0 amide bonds. The summed E-state index contributed by atoms with van der Waals surface area (Å²) < 4.78 is 45.0. The fraction of sp³-hybridized carbons (Fsp3) is 0.259. The highest BCUT2D eigenvalue weighted by atomic mass is 32.2. The van der Waals surface area contributed by atoms with Gasteiger partial charge in [0, 0.05) is 22.9 Å². The van der Waals surface area contributed by atoms with Crippen molar-refractivity contribution in [3.05, 3.63) is 81.7 Å². The van der Waals surface area contributed by atoms with Crippen LogP contribution in [0.5, 0.6) is 0 Å². The number of nitrogens with zero attached hydrogens (tertiary/aromatic N) is 4. The first-order valence-electron chi connectivity index (χ1n) is 12.2. The Labute approximate surface area is 228 Å². The molecule has 0 atom stereocenters. The average Bonchev–Trinajstić information content (AvgIpc) is 3.46. The lowest BCUT2D eigenvalue weighted by atomic mass is 9.96. The van der Waals surface area contributed by atoms with Crippen LogP contribution in [0.25, 0.3) is 16.4 Å². The molecule has 1 fully saturated rings. The number of rotatable bonds is 9. The first kappa shape index (κ1) is 26.7. The minimum atomic E-state index is -4.21. The Hall–Kier alpha value is -3.92. The van der Waals surface area contributed by atoms with E-state index in [-0.39, 0.29) is 18.7 Å². The van der Waals surface area contributed by atoms with Gasteiger partial charge in [-0.05, 0) is 61.9 Å². The fourth-order valence-electron chi connectivity index (χ4n) is 4.35. The summed E-state index contributed by atoms with van der Waals surface area (Å²) in [5.74, 6) is -1.01. The molecule has 2 aromatic carbocycles. The molecule has 0 radical (unpaired) electrons. The number of hydrogen-bond acceptors (Lipinski definition) is 8. The molecule has 9 nitrogen and oxygen atoms in total. The number of carbonyl (C=O) groups excluding carboxylic acids is 1. The average molecular weight is 566 g/mol. The molecule has 1 aliphatic carbocycles. The second kappa shape index (κ2) is 10.7. The first-order valence-corrected chi connectivity index (χ1v) is 14.7. The lowest BCUT2D eigenvalue weighted by molar-refractivity contribution is 0.0520. The molecule has 1 aliphatic rings. The quantitative estimate of drug-likeness (QED) is 0.297. The number of hydrogen-bond donors (Lipinski definition) is 1. The minimum Gasteiger partial charge on any atom is -0.461 e. The molecule has 0 aliphatic heterocycles. The van der Waals surface area contributed by atoms with Crippen LogP contribution in [0.1, 0.15) is 52.6 Å². The lowest BCUT2D eigenvalue weighted by Gasteiger charge is -2.10. The van der Waals surface area contributed by atoms with Gasteiger partial charge in [0.05, 0.1) is 29.6 Å². The van der Waals surface area contributed by atoms with Crippen LogP contribution in [0, 0.1) is 23.1 Å². The molecule has 1 saturated carbocycles. The van der Waals surface area contributed by atoms with Gasteiger partial charge in [0.15, 0.2) is 5.69 Å². The highest BCUT2D eigenvalue weighted by Gasteiger charge is 2.29. The van der Waals surface area contributed by atoms with Crippen LogP contribution in [-0.2, 0) is 27.6 Å². The van der Waals surface area contributed by atoms with E-state index in [2.05, 4.69) is 11.1 Å². The van der Waals surface area contributed by atoms with E-state index in [1.807, 2.05) is 6.07 Å². The summed E-state index contributed by atoms with van der Waals surface area (Å²) in [6.45, 7) is 1.95. The van der Waals surface area contributed by atoms with Crippen LogP contribution in [0.4, 0.5) is 4.39 Å². The van der Waals surface area contributed by atoms with Crippen molar-refractivity contribution in [1.82, 2.24) is 14.8 Å². The monoisotopic (exact) mass is 565 g/mol. The molecule has 12 heteroatoms. The Morgan fingerprint density at radius 1 is 1.28 bits per heavy atom. The molecule has 0 unspecified atom stereocenters. The maximum Gasteiger partial charge on any atom is 0.357 e. The predicted molar refractivity (Wildman–Crippen MR) is 142 cm³/mol. The SMILES string of the molecule is CCOC(=O)c1csc(-n2nc(-c3cccc(C#N)c3)c(Cc3ccc(S(N)(=O)=O)c(F)c3)c2CC2CC2)n1. The van der Waals surface area contributed by atoms with Crippen LogP contribution < -0.4 is 5.14 Å². The van der Waals surface area contributed by atoms with Crippen molar-refractivity contribution < 1.29 is 22.3 Å². The number of thiazole rings is 1. The molecule has 5 rings (SSSR count). The van der Waals surface area contributed by atoms with Gasteiger partial charge in [-0.25, -0.2) is 32.4 Å². The summed E-state index contributed by atoms with van der Waals surface area (Å²) in [4.78, 5) is 16.2. The van der Waals surface area contributed by atoms with E-state index in [9.17, 15) is 22.9 Å². The van der Waals surface area contributed by atoms with Gasteiger partial charge in [-0.2, -0.15) is 10.4 Å². The third-order valence-electron chi connectivity index (χ3n) is 6.38. The van der Waals surface area contributed by atoms with Crippen molar-refractivity contribution in [3.63, 3.8) is 0 Å². The normalized spacial score (nSPS) is 13.3. The molecule has 0 saturated heterocycles. The van der Waals surface area contributed by atoms with Gasteiger partial charge in [-0.15, -0.1) is 11.3 Å². The van der Waals surface area contributed by atoms with Gasteiger partial charge in [-0.1, -0.05) is 18.2 Å². The summed E-state index contributed by atoms with van der Waals surface area (Å²) in [7, 11) is -4.21. The van der Waals surface area contributed by atoms with Gasteiger partial charge in [0.1, 0.15) is 10.7 Å². The fourth-order valence-corrected chi connectivity index (χ4v) is 5.71. The van der Waals surface area contributed by atoms with Crippen LogP contribution in [-0.4, -0.2) is 35.8 Å². The number of carbonyl (C=O) groups is 1. The summed E-state index contributed by atoms with van der Waals surface area (Å²) in [6.07, 6.45) is 3.05.